The Hall–Kier alpha value is -6.48. The highest BCUT2D eigenvalue weighted by atomic mass is 35.5. The van der Waals surface area contributed by atoms with E-state index in [9.17, 15) is 29.5 Å². The molecule has 4 aromatic rings. The van der Waals surface area contributed by atoms with E-state index >= 15 is 0 Å². The SMILES string of the molecule is CCOC(=O)c1ccc(CC2(C)C(=CC=C(C#N)C=CC3=[N+](CCOC=O)c4ccccc4C3(C)Cc3ccc(C(=O)OCC)cc3)N(CCC(=O)O)c3cc(Cl)c(Cl)cc32)cc1. The number of halogens is 2. The molecular formula is C50H48Cl2N3O8+. The van der Waals surface area contributed by atoms with Crippen LogP contribution in [0, 0.1) is 11.3 Å². The minimum absolute atomic E-state index is 0.113. The Bertz CT molecular complexity index is 2570. The maximum atomic E-state index is 12.4. The van der Waals surface area contributed by atoms with Crippen molar-refractivity contribution < 1.29 is 43.1 Å². The Morgan fingerprint density at radius 1 is 0.841 bits per heavy atom. The molecule has 0 spiro atoms. The minimum Gasteiger partial charge on any atom is -0.481 e. The van der Waals surface area contributed by atoms with Crippen molar-refractivity contribution in [3.63, 3.8) is 0 Å². The molecule has 0 aliphatic carbocycles. The van der Waals surface area contributed by atoms with Crippen LogP contribution < -0.4 is 4.90 Å². The number of esters is 2. The van der Waals surface area contributed by atoms with Crippen molar-refractivity contribution in [3.8, 4) is 6.07 Å². The Labute approximate surface area is 377 Å². The van der Waals surface area contributed by atoms with Gasteiger partial charge in [-0.25, -0.2) is 9.59 Å². The predicted octanol–water partition coefficient (Wildman–Crippen LogP) is 9.50. The van der Waals surface area contributed by atoms with E-state index in [4.69, 9.17) is 37.4 Å². The van der Waals surface area contributed by atoms with Gasteiger partial charge in [0, 0.05) is 41.1 Å². The molecule has 4 aromatic carbocycles. The number of nitrogens with zero attached hydrogens (tertiary/aromatic N) is 3. The van der Waals surface area contributed by atoms with Crippen LogP contribution in [0.25, 0.3) is 0 Å². The highest BCUT2D eigenvalue weighted by Crippen LogP contribution is 2.52. The standard InChI is InChI=1S/C50H47Cl2N3O8/c1-5-62-47(59)36-17-11-33(12-18-36)29-49(3)38-9-7-8-10-42(38)55(25-26-61-32-56)44(49)21-15-35(31-53)16-22-45-50(4,30-34-13-19-37(20-14-34)48(60)63-6-2)39-27-40(51)41(52)28-43(39)54(45)24-23-46(57)58/h7-22,27-28,32H,5-6,23-26,29-30H2,1-4H3/p+1. The molecule has 0 saturated carbocycles. The molecule has 1 N–H and O–H groups in total. The van der Waals surface area contributed by atoms with Crippen molar-refractivity contribution in [1.82, 2.24) is 0 Å². The maximum absolute atomic E-state index is 12.4. The number of aliphatic carboxylic acids is 1. The first-order valence-corrected chi connectivity index (χ1v) is 21.3. The van der Waals surface area contributed by atoms with Crippen molar-refractivity contribution in [2.45, 2.75) is 57.8 Å². The number of carbonyl (C=O) groups excluding carboxylic acids is 3. The van der Waals surface area contributed by atoms with Gasteiger partial charge in [0.1, 0.15) is 6.61 Å². The number of rotatable bonds is 18. The lowest BCUT2D eigenvalue weighted by Gasteiger charge is -2.30. The Balaban J connectivity index is 1.44. The normalized spacial score (nSPS) is 18.6. The van der Waals surface area contributed by atoms with Crippen LogP contribution >= 0.6 is 23.2 Å². The molecule has 0 fully saturated rings. The zero-order valence-electron chi connectivity index (χ0n) is 35.5. The second-order valence-corrected chi connectivity index (χ2v) is 16.4. The van der Waals surface area contributed by atoms with Gasteiger partial charge in [0.15, 0.2) is 12.3 Å². The molecule has 2 aliphatic rings. The lowest BCUT2D eigenvalue weighted by Crippen LogP contribution is -2.34. The fourth-order valence-electron chi connectivity index (χ4n) is 8.54. The van der Waals surface area contributed by atoms with Gasteiger partial charge in [0.2, 0.25) is 5.69 Å². The van der Waals surface area contributed by atoms with Gasteiger partial charge >= 0.3 is 17.9 Å². The third kappa shape index (κ3) is 9.93. The summed E-state index contributed by atoms with van der Waals surface area (Å²) in [5, 5.41) is 21.1. The monoisotopic (exact) mass is 888 g/mol. The lowest BCUT2D eigenvalue weighted by atomic mass is 9.74. The van der Waals surface area contributed by atoms with Gasteiger partial charge in [-0.2, -0.15) is 9.84 Å². The molecule has 13 heteroatoms. The van der Waals surface area contributed by atoms with Crippen LogP contribution in [0.1, 0.15) is 77.1 Å². The van der Waals surface area contributed by atoms with E-state index in [1.165, 1.54) is 0 Å². The number of carboxylic acid groups (broad SMARTS) is 1. The number of para-hydroxylation sites is 1. The highest BCUT2D eigenvalue weighted by Gasteiger charge is 2.48. The summed E-state index contributed by atoms with van der Waals surface area (Å²) >= 11 is 13.2. The molecule has 0 aromatic heterocycles. The maximum Gasteiger partial charge on any atom is 0.338 e. The molecule has 0 saturated heterocycles. The number of hydrogen-bond acceptors (Lipinski definition) is 9. The number of fused-ring (bicyclic) bond motifs is 2. The summed E-state index contributed by atoms with van der Waals surface area (Å²) < 4.78 is 17.6. The Morgan fingerprint density at radius 2 is 1.43 bits per heavy atom. The van der Waals surface area contributed by atoms with Gasteiger partial charge < -0.3 is 24.2 Å². The largest absolute Gasteiger partial charge is 0.481 e. The number of carbonyl (C=O) groups is 4. The smallest absolute Gasteiger partial charge is 0.338 e. The molecule has 11 nitrogen and oxygen atoms in total. The van der Waals surface area contributed by atoms with Crippen molar-refractivity contribution >= 4 is 64.7 Å². The summed E-state index contributed by atoms with van der Waals surface area (Å²) in [6.45, 7) is 9.20. The van der Waals surface area contributed by atoms with E-state index in [-0.39, 0.29) is 32.8 Å². The number of ether oxygens (including phenoxy) is 3. The van der Waals surface area contributed by atoms with Crippen LogP contribution in [0.2, 0.25) is 10.0 Å². The zero-order valence-corrected chi connectivity index (χ0v) is 37.0. The summed E-state index contributed by atoms with van der Waals surface area (Å²) in [5.41, 5.74) is 6.68. The molecule has 2 atom stereocenters. The molecule has 2 unspecified atom stereocenters. The average Bonchev–Trinajstić information content (AvgIpc) is 3.62. The number of nitriles is 1. The third-order valence-corrected chi connectivity index (χ3v) is 12.2. The van der Waals surface area contributed by atoms with Gasteiger partial charge in [-0.1, -0.05) is 65.7 Å². The van der Waals surface area contributed by atoms with Gasteiger partial charge in [0.05, 0.1) is 57.9 Å². The lowest BCUT2D eigenvalue weighted by molar-refractivity contribution is -0.440. The van der Waals surface area contributed by atoms with Crippen molar-refractivity contribution in [3.05, 3.63) is 164 Å². The second kappa shape index (κ2) is 20.1. The van der Waals surface area contributed by atoms with E-state index in [1.807, 2.05) is 66.4 Å². The van der Waals surface area contributed by atoms with E-state index in [0.717, 1.165) is 39.3 Å². The first-order chi connectivity index (χ1) is 30.3. The second-order valence-electron chi connectivity index (χ2n) is 15.6. The summed E-state index contributed by atoms with van der Waals surface area (Å²) in [7, 11) is 0. The highest BCUT2D eigenvalue weighted by molar-refractivity contribution is 6.42. The number of carboxylic acids is 1. The summed E-state index contributed by atoms with van der Waals surface area (Å²) in [5.74, 6) is -1.80. The first kappa shape index (κ1) is 46.0. The van der Waals surface area contributed by atoms with Crippen LogP contribution in [0.5, 0.6) is 0 Å². The van der Waals surface area contributed by atoms with Gasteiger partial charge in [0.25, 0.3) is 6.47 Å². The Morgan fingerprint density at radius 3 is 2.00 bits per heavy atom. The molecule has 0 bridgehead atoms. The van der Waals surface area contributed by atoms with Crippen LogP contribution in [0.3, 0.4) is 0 Å². The number of benzene rings is 4. The van der Waals surface area contributed by atoms with E-state index in [2.05, 4.69) is 23.6 Å². The van der Waals surface area contributed by atoms with Crippen molar-refractivity contribution in [1.29, 1.82) is 5.26 Å². The van der Waals surface area contributed by atoms with Crippen molar-refractivity contribution in [2.24, 2.45) is 0 Å². The molecule has 324 valence electrons. The molecule has 2 heterocycles. The first-order valence-electron chi connectivity index (χ1n) is 20.6. The van der Waals surface area contributed by atoms with Gasteiger partial charge in [-0.3, -0.25) is 9.59 Å². The van der Waals surface area contributed by atoms with E-state index < -0.39 is 28.7 Å². The van der Waals surface area contributed by atoms with E-state index in [0.29, 0.717) is 58.3 Å². The molecule has 2 aliphatic heterocycles. The number of hydrogen-bond donors (Lipinski definition) is 1. The summed E-state index contributed by atoms with van der Waals surface area (Å²) in [6, 6.07) is 28.3. The molecule has 63 heavy (non-hydrogen) atoms. The van der Waals surface area contributed by atoms with Crippen LogP contribution in [-0.2, 0) is 47.5 Å². The fourth-order valence-corrected chi connectivity index (χ4v) is 8.86. The number of anilines is 1. The quantitative estimate of drug-likeness (QED) is 0.0195. The fraction of sp³-hybridized carbons (Fsp3) is 0.280. The topological polar surface area (TPSA) is 146 Å². The summed E-state index contributed by atoms with van der Waals surface area (Å²) in [4.78, 5) is 50.0. The summed E-state index contributed by atoms with van der Waals surface area (Å²) in [6.07, 6.45) is 8.00. The molecule has 6 rings (SSSR count). The van der Waals surface area contributed by atoms with E-state index in [1.54, 1.807) is 62.4 Å². The van der Waals surface area contributed by atoms with Crippen LogP contribution in [-0.4, -0.2) is 72.7 Å². The minimum atomic E-state index is -0.981. The Kier molecular flexibility index (Phi) is 14.7. The average molecular weight is 890 g/mol. The molecule has 0 radical (unpaired) electrons. The molecular weight excluding hydrogens is 841 g/mol. The van der Waals surface area contributed by atoms with Gasteiger partial charge in [-0.15, -0.1) is 0 Å². The zero-order chi connectivity index (χ0) is 45.3. The van der Waals surface area contributed by atoms with Gasteiger partial charge in [-0.05, 0) is 112 Å². The van der Waals surface area contributed by atoms with Crippen LogP contribution in [0.4, 0.5) is 11.4 Å². The molecule has 0 amide bonds. The number of allylic oxidation sites excluding steroid dienone is 6. The predicted molar refractivity (Wildman–Crippen MR) is 242 cm³/mol. The van der Waals surface area contributed by atoms with Crippen molar-refractivity contribution in [2.75, 3.05) is 37.8 Å². The third-order valence-electron chi connectivity index (χ3n) is 11.5. The van der Waals surface area contributed by atoms with Crippen LogP contribution in [0.15, 0.2) is 121 Å².